The topological polar surface area (TPSA) is 38.3 Å². The van der Waals surface area contributed by atoms with E-state index < -0.39 is 0 Å². The van der Waals surface area contributed by atoms with Gasteiger partial charge in [0.1, 0.15) is 0 Å². The molecule has 0 heterocycles. The fraction of sp³-hybridized carbons (Fsp3) is 0.364. The molecule has 88 valence electrons. The number of amides is 1. The minimum atomic E-state index is -0.0981. The molecule has 0 spiro atoms. The molecule has 3 nitrogen and oxygen atoms in total. The average Bonchev–Trinajstić information content (AvgIpc) is 2.24. The first-order valence-electron chi connectivity index (χ1n) is 4.96. The Bertz CT molecular complexity index is 369. The molecule has 0 atom stereocenters. The Morgan fingerprint density at radius 3 is 2.81 bits per heavy atom. The summed E-state index contributed by atoms with van der Waals surface area (Å²) >= 11 is 6.69. The van der Waals surface area contributed by atoms with Gasteiger partial charge in [0.15, 0.2) is 0 Å². The van der Waals surface area contributed by atoms with E-state index in [0.29, 0.717) is 25.3 Å². The van der Waals surface area contributed by atoms with E-state index in [0.717, 1.165) is 8.95 Å². The van der Waals surface area contributed by atoms with Gasteiger partial charge in [-0.15, -0.1) is 0 Å². The van der Waals surface area contributed by atoms with Crippen molar-refractivity contribution in [3.8, 4) is 0 Å². The lowest BCUT2D eigenvalue weighted by Crippen LogP contribution is -2.27. The summed E-state index contributed by atoms with van der Waals surface area (Å²) in [5, 5.41) is 2.78. The van der Waals surface area contributed by atoms with Crippen LogP contribution in [0.25, 0.3) is 0 Å². The summed E-state index contributed by atoms with van der Waals surface area (Å²) in [4.78, 5) is 11.7. The van der Waals surface area contributed by atoms with Crippen molar-refractivity contribution in [1.29, 1.82) is 0 Å². The fourth-order valence-electron chi connectivity index (χ4n) is 1.15. The highest BCUT2D eigenvalue weighted by Crippen LogP contribution is 2.21. The Balaban J connectivity index is 2.53. The maximum atomic E-state index is 11.7. The number of rotatable bonds is 5. The monoisotopic (exact) mass is 349 g/mol. The Labute approximate surface area is 112 Å². The molecule has 1 amide bonds. The molecule has 0 aromatic heterocycles. The predicted octanol–water partition coefficient (Wildman–Crippen LogP) is 2.98. The van der Waals surface area contributed by atoms with Crippen molar-refractivity contribution in [2.24, 2.45) is 0 Å². The standard InChI is InChI=1S/C11H13Br2NO2/c1-2-16-6-5-14-11(15)9-4-3-8(12)7-10(9)13/h3-4,7H,2,5-6H2,1H3,(H,14,15). The van der Waals surface area contributed by atoms with E-state index in [9.17, 15) is 4.79 Å². The van der Waals surface area contributed by atoms with Gasteiger partial charge in [-0.05, 0) is 41.1 Å². The zero-order valence-electron chi connectivity index (χ0n) is 8.93. The minimum Gasteiger partial charge on any atom is -0.380 e. The largest absolute Gasteiger partial charge is 0.380 e. The lowest BCUT2D eigenvalue weighted by atomic mass is 10.2. The van der Waals surface area contributed by atoms with Gasteiger partial charge < -0.3 is 10.1 Å². The lowest BCUT2D eigenvalue weighted by Gasteiger charge is -2.07. The number of carbonyl (C=O) groups is 1. The number of ether oxygens (including phenoxy) is 1. The summed E-state index contributed by atoms with van der Waals surface area (Å²) in [5.41, 5.74) is 0.625. The molecule has 0 saturated heterocycles. The second-order valence-electron chi connectivity index (χ2n) is 3.08. The molecule has 0 radical (unpaired) electrons. The maximum absolute atomic E-state index is 11.7. The van der Waals surface area contributed by atoms with Crippen LogP contribution in [0.5, 0.6) is 0 Å². The van der Waals surface area contributed by atoms with Gasteiger partial charge in [-0.25, -0.2) is 0 Å². The first-order chi connectivity index (χ1) is 7.65. The predicted molar refractivity (Wildman–Crippen MR) is 70.7 cm³/mol. The van der Waals surface area contributed by atoms with Crippen molar-refractivity contribution < 1.29 is 9.53 Å². The van der Waals surface area contributed by atoms with Gasteiger partial charge in [0.2, 0.25) is 0 Å². The molecular formula is C11H13Br2NO2. The normalized spacial score (nSPS) is 10.2. The Kier molecular flexibility index (Phi) is 6.01. The molecule has 1 aromatic carbocycles. The lowest BCUT2D eigenvalue weighted by molar-refractivity contribution is 0.0922. The summed E-state index contributed by atoms with van der Waals surface area (Å²) in [6.07, 6.45) is 0. The van der Waals surface area contributed by atoms with E-state index in [1.807, 2.05) is 19.1 Å². The van der Waals surface area contributed by atoms with Crippen LogP contribution in [0.4, 0.5) is 0 Å². The number of nitrogens with one attached hydrogen (secondary N) is 1. The molecule has 0 fully saturated rings. The van der Waals surface area contributed by atoms with E-state index >= 15 is 0 Å². The highest BCUT2D eigenvalue weighted by molar-refractivity contribution is 9.11. The van der Waals surface area contributed by atoms with E-state index in [-0.39, 0.29) is 5.91 Å². The molecule has 0 aliphatic rings. The van der Waals surface area contributed by atoms with Crippen LogP contribution in [0.2, 0.25) is 0 Å². The fourth-order valence-corrected chi connectivity index (χ4v) is 2.38. The van der Waals surface area contributed by atoms with Crippen LogP contribution in [-0.4, -0.2) is 25.7 Å². The van der Waals surface area contributed by atoms with Crippen LogP contribution in [0, 0.1) is 0 Å². The smallest absolute Gasteiger partial charge is 0.252 e. The van der Waals surface area contributed by atoms with E-state index in [1.54, 1.807) is 6.07 Å². The highest BCUT2D eigenvalue weighted by Gasteiger charge is 2.09. The Hall–Kier alpha value is -0.390. The summed E-state index contributed by atoms with van der Waals surface area (Å²) in [6, 6.07) is 5.45. The number of benzene rings is 1. The molecule has 0 aliphatic heterocycles. The first-order valence-corrected chi connectivity index (χ1v) is 6.54. The van der Waals surface area contributed by atoms with Crippen molar-refractivity contribution in [2.45, 2.75) is 6.92 Å². The average molecular weight is 351 g/mol. The van der Waals surface area contributed by atoms with Gasteiger partial charge in [0.25, 0.3) is 5.91 Å². The third-order valence-electron chi connectivity index (χ3n) is 1.91. The molecule has 1 N–H and O–H groups in total. The number of halogens is 2. The number of carbonyl (C=O) groups excluding carboxylic acids is 1. The molecule has 0 bridgehead atoms. The molecule has 0 aliphatic carbocycles. The van der Waals surface area contributed by atoms with Crippen molar-refractivity contribution in [1.82, 2.24) is 5.32 Å². The molecule has 1 aromatic rings. The molecule has 1 rings (SSSR count). The van der Waals surface area contributed by atoms with E-state index in [4.69, 9.17) is 4.74 Å². The van der Waals surface area contributed by atoms with E-state index in [2.05, 4.69) is 37.2 Å². The second kappa shape index (κ2) is 7.04. The summed E-state index contributed by atoms with van der Waals surface area (Å²) in [5.74, 6) is -0.0981. The summed E-state index contributed by atoms with van der Waals surface area (Å²) in [7, 11) is 0. The van der Waals surface area contributed by atoms with Crippen molar-refractivity contribution in [2.75, 3.05) is 19.8 Å². The van der Waals surface area contributed by atoms with Gasteiger partial charge in [-0.2, -0.15) is 0 Å². The van der Waals surface area contributed by atoms with Crippen molar-refractivity contribution in [3.63, 3.8) is 0 Å². The SMILES string of the molecule is CCOCCNC(=O)c1ccc(Br)cc1Br. The molecule has 0 saturated carbocycles. The quantitative estimate of drug-likeness (QED) is 0.829. The van der Waals surface area contributed by atoms with Gasteiger partial charge in [-0.1, -0.05) is 15.9 Å². The zero-order valence-corrected chi connectivity index (χ0v) is 12.1. The first kappa shape index (κ1) is 13.7. The molecular weight excluding hydrogens is 338 g/mol. The van der Waals surface area contributed by atoms with Crippen molar-refractivity contribution >= 4 is 37.8 Å². The van der Waals surface area contributed by atoms with Gasteiger partial charge in [0, 0.05) is 22.1 Å². The number of hydrogen-bond acceptors (Lipinski definition) is 2. The molecule has 16 heavy (non-hydrogen) atoms. The van der Waals surface area contributed by atoms with Gasteiger partial charge in [-0.3, -0.25) is 4.79 Å². The van der Waals surface area contributed by atoms with Crippen LogP contribution in [0.1, 0.15) is 17.3 Å². The van der Waals surface area contributed by atoms with E-state index in [1.165, 1.54) is 0 Å². The van der Waals surface area contributed by atoms with Gasteiger partial charge in [0.05, 0.1) is 12.2 Å². The maximum Gasteiger partial charge on any atom is 0.252 e. The molecule has 0 unspecified atom stereocenters. The van der Waals surface area contributed by atoms with Crippen LogP contribution in [0.3, 0.4) is 0 Å². The highest BCUT2D eigenvalue weighted by atomic mass is 79.9. The summed E-state index contributed by atoms with van der Waals surface area (Å²) in [6.45, 7) is 3.65. The minimum absolute atomic E-state index is 0.0981. The summed E-state index contributed by atoms with van der Waals surface area (Å²) < 4.78 is 6.84. The number of hydrogen-bond donors (Lipinski definition) is 1. The van der Waals surface area contributed by atoms with Crippen LogP contribution >= 0.6 is 31.9 Å². The van der Waals surface area contributed by atoms with Gasteiger partial charge >= 0.3 is 0 Å². The molecule has 5 heteroatoms. The second-order valence-corrected chi connectivity index (χ2v) is 4.85. The van der Waals surface area contributed by atoms with Crippen molar-refractivity contribution in [3.05, 3.63) is 32.7 Å². The zero-order chi connectivity index (χ0) is 12.0. The third kappa shape index (κ3) is 4.23. The Morgan fingerprint density at radius 1 is 1.44 bits per heavy atom. The third-order valence-corrected chi connectivity index (χ3v) is 3.06. The van der Waals surface area contributed by atoms with Crippen LogP contribution < -0.4 is 5.32 Å². The van der Waals surface area contributed by atoms with Crippen LogP contribution in [-0.2, 0) is 4.74 Å². The Morgan fingerprint density at radius 2 is 2.19 bits per heavy atom. The van der Waals surface area contributed by atoms with Crippen LogP contribution in [0.15, 0.2) is 27.1 Å².